The van der Waals surface area contributed by atoms with Gasteiger partial charge in [-0.25, -0.2) is 14.4 Å². The van der Waals surface area contributed by atoms with Crippen molar-refractivity contribution in [2.45, 2.75) is 39.2 Å². The molecule has 0 radical (unpaired) electrons. The molecule has 0 spiro atoms. The van der Waals surface area contributed by atoms with Crippen LogP contribution in [0.25, 0.3) is 5.65 Å². The van der Waals surface area contributed by atoms with Crippen LogP contribution >= 0.6 is 0 Å². The topological polar surface area (TPSA) is 53.7 Å². The number of amides is 1. The number of halogens is 1. The van der Waals surface area contributed by atoms with Crippen molar-refractivity contribution in [3.05, 3.63) is 59.9 Å². The number of pyridine rings is 2. The maximum absolute atomic E-state index is 13.3. The maximum Gasteiger partial charge on any atom is 0.222 e. The molecule has 1 aliphatic rings. The second-order valence-electron chi connectivity index (χ2n) is 7.70. The molecule has 0 saturated carbocycles. The van der Waals surface area contributed by atoms with Gasteiger partial charge in [0.2, 0.25) is 5.91 Å². The van der Waals surface area contributed by atoms with Gasteiger partial charge in [0.25, 0.3) is 0 Å². The zero-order valence-corrected chi connectivity index (χ0v) is 16.9. The Balaban J connectivity index is 1.32. The lowest BCUT2D eigenvalue weighted by atomic mass is 10.1. The first kappa shape index (κ1) is 19.4. The van der Waals surface area contributed by atoms with Gasteiger partial charge >= 0.3 is 0 Å². The Kier molecular flexibility index (Phi) is 5.47. The lowest BCUT2D eigenvalue weighted by Crippen LogP contribution is -2.54. The number of aryl methyl sites for hydroxylation is 2. The van der Waals surface area contributed by atoms with Crippen LogP contribution in [0.5, 0.6) is 0 Å². The van der Waals surface area contributed by atoms with Crippen molar-refractivity contribution in [3.63, 3.8) is 0 Å². The van der Waals surface area contributed by atoms with Crippen LogP contribution in [0, 0.1) is 12.7 Å². The van der Waals surface area contributed by atoms with Gasteiger partial charge in [0.05, 0.1) is 6.20 Å². The molecule has 152 valence electrons. The Morgan fingerprint density at radius 3 is 2.93 bits per heavy atom. The van der Waals surface area contributed by atoms with Crippen LogP contribution in [0.3, 0.4) is 0 Å². The summed E-state index contributed by atoms with van der Waals surface area (Å²) in [5.74, 6) is 0.678. The molecule has 0 unspecified atom stereocenters. The molecule has 7 heteroatoms. The Hall–Kier alpha value is -2.96. The average molecular weight is 395 g/mol. The first-order valence-corrected chi connectivity index (χ1v) is 10.1. The molecule has 1 saturated heterocycles. The molecule has 0 aliphatic carbocycles. The Bertz CT molecular complexity index is 1020. The molecular formula is C22H26FN5O. The van der Waals surface area contributed by atoms with Crippen LogP contribution in [-0.4, -0.2) is 50.9 Å². The number of hydrogen-bond donors (Lipinski definition) is 0. The number of imidazole rings is 1. The predicted molar refractivity (Wildman–Crippen MR) is 110 cm³/mol. The average Bonchev–Trinajstić information content (AvgIpc) is 3.17. The Labute approximate surface area is 170 Å². The van der Waals surface area contributed by atoms with E-state index in [1.165, 1.54) is 18.0 Å². The number of aromatic nitrogens is 3. The third kappa shape index (κ3) is 4.09. The van der Waals surface area contributed by atoms with Crippen LogP contribution in [-0.2, 0) is 11.2 Å². The minimum Gasteiger partial charge on any atom is -0.353 e. The first-order chi connectivity index (χ1) is 14.0. The van der Waals surface area contributed by atoms with E-state index in [0.29, 0.717) is 26.1 Å². The summed E-state index contributed by atoms with van der Waals surface area (Å²) >= 11 is 0. The van der Waals surface area contributed by atoms with E-state index in [9.17, 15) is 9.18 Å². The number of hydrogen-bond acceptors (Lipinski definition) is 4. The van der Waals surface area contributed by atoms with Gasteiger partial charge in [0.1, 0.15) is 17.3 Å². The molecule has 3 aromatic rings. The molecule has 1 aliphatic heterocycles. The van der Waals surface area contributed by atoms with Crippen LogP contribution in [0.15, 0.2) is 42.9 Å². The van der Waals surface area contributed by atoms with E-state index < -0.39 is 0 Å². The van der Waals surface area contributed by atoms with Gasteiger partial charge in [-0.2, -0.15) is 0 Å². The molecule has 1 fully saturated rings. The number of anilines is 1. The smallest absolute Gasteiger partial charge is 0.222 e. The highest BCUT2D eigenvalue weighted by atomic mass is 19.1. The first-order valence-electron chi connectivity index (χ1n) is 10.1. The van der Waals surface area contributed by atoms with Crippen molar-refractivity contribution < 1.29 is 9.18 Å². The van der Waals surface area contributed by atoms with Gasteiger partial charge < -0.3 is 14.2 Å². The third-order valence-corrected chi connectivity index (χ3v) is 5.60. The van der Waals surface area contributed by atoms with Crippen molar-refractivity contribution in [1.82, 2.24) is 19.3 Å². The van der Waals surface area contributed by atoms with Crippen LogP contribution in [0.4, 0.5) is 10.2 Å². The van der Waals surface area contributed by atoms with E-state index in [2.05, 4.69) is 32.3 Å². The van der Waals surface area contributed by atoms with E-state index in [1.807, 2.05) is 30.2 Å². The summed E-state index contributed by atoms with van der Waals surface area (Å²) in [6, 6.07) is 7.67. The number of rotatable bonds is 5. The highest BCUT2D eigenvalue weighted by Crippen LogP contribution is 2.22. The summed E-state index contributed by atoms with van der Waals surface area (Å²) in [4.78, 5) is 25.5. The fourth-order valence-electron chi connectivity index (χ4n) is 4.16. The fourth-order valence-corrected chi connectivity index (χ4v) is 4.16. The van der Waals surface area contributed by atoms with Crippen LogP contribution < -0.4 is 4.90 Å². The van der Waals surface area contributed by atoms with Crippen molar-refractivity contribution in [2.75, 3.05) is 24.5 Å². The van der Waals surface area contributed by atoms with Crippen molar-refractivity contribution >= 4 is 17.4 Å². The highest BCUT2D eigenvalue weighted by molar-refractivity contribution is 5.77. The molecular weight excluding hydrogens is 369 g/mol. The van der Waals surface area contributed by atoms with Crippen LogP contribution in [0.1, 0.15) is 31.0 Å². The minimum absolute atomic E-state index is 0.0968. The molecule has 6 nitrogen and oxygen atoms in total. The lowest BCUT2D eigenvalue weighted by molar-refractivity contribution is -0.133. The van der Waals surface area contributed by atoms with Gasteiger partial charge in [-0.05, 0) is 50.5 Å². The van der Waals surface area contributed by atoms with E-state index in [1.54, 1.807) is 6.20 Å². The quantitative estimate of drug-likeness (QED) is 0.666. The van der Waals surface area contributed by atoms with E-state index >= 15 is 0 Å². The largest absolute Gasteiger partial charge is 0.353 e. The Morgan fingerprint density at radius 1 is 1.28 bits per heavy atom. The molecule has 29 heavy (non-hydrogen) atoms. The second kappa shape index (κ2) is 8.19. The molecule has 3 aromatic heterocycles. The number of carbonyl (C=O) groups is 1. The molecule has 1 amide bonds. The monoisotopic (exact) mass is 395 g/mol. The van der Waals surface area contributed by atoms with Crippen molar-refractivity contribution in [2.24, 2.45) is 0 Å². The van der Waals surface area contributed by atoms with Crippen LogP contribution in [0.2, 0.25) is 0 Å². The van der Waals surface area contributed by atoms with Gasteiger partial charge in [0, 0.05) is 50.2 Å². The zero-order valence-electron chi connectivity index (χ0n) is 16.9. The summed E-state index contributed by atoms with van der Waals surface area (Å²) < 4.78 is 15.4. The van der Waals surface area contributed by atoms with Crippen molar-refractivity contribution in [1.29, 1.82) is 0 Å². The summed E-state index contributed by atoms with van der Waals surface area (Å²) in [5.41, 5.74) is 2.93. The fraction of sp³-hybridized carbons (Fsp3) is 0.409. The number of nitrogens with zero attached hydrogens (tertiary/aromatic N) is 5. The summed E-state index contributed by atoms with van der Waals surface area (Å²) in [6.07, 6.45) is 7.19. The van der Waals surface area contributed by atoms with Gasteiger partial charge in [-0.1, -0.05) is 6.07 Å². The standard InChI is InChI=1S/C22H26FN5O/c1-16-13-18(23)14-25-22(16)26-11-12-27(17(2)15-26)21(29)8-4-6-19-5-3-7-20-24-9-10-28(19)20/h3,5,7,9-10,13-14,17H,4,6,8,11-12,15H2,1-2H3/t17-/m0/s1. The summed E-state index contributed by atoms with van der Waals surface area (Å²) in [6.45, 7) is 6.02. The molecule has 4 heterocycles. The van der Waals surface area contributed by atoms with Gasteiger partial charge in [-0.15, -0.1) is 0 Å². The second-order valence-corrected chi connectivity index (χ2v) is 7.70. The van der Waals surface area contributed by atoms with E-state index in [0.717, 1.165) is 29.9 Å². The molecule has 0 aromatic carbocycles. The summed E-state index contributed by atoms with van der Waals surface area (Å²) in [7, 11) is 0. The molecule has 1 atom stereocenters. The number of piperazine rings is 1. The van der Waals surface area contributed by atoms with Crippen molar-refractivity contribution in [3.8, 4) is 0 Å². The number of fused-ring (bicyclic) bond motifs is 1. The van der Waals surface area contributed by atoms with E-state index in [-0.39, 0.29) is 17.8 Å². The third-order valence-electron chi connectivity index (χ3n) is 5.60. The minimum atomic E-state index is -0.320. The molecule has 0 bridgehead atoms. The lowest BCUT2D eigenvalue weighted by Gasteiger charge is -2.41. The molecule has 4 rings (SSSR count). The van der Waals surface area contributed by atoms with Gasteiger partial charge in [0.15, 0.2) is 0 Å². The van der Waals surface area contributed by atoms with E-state index in [4.69, 9.17) is 0 Å². The normalized spacial score (nSPS) is 17.1. The van der Waals surface area contributed by atoms with Gasteiger partial charge in [-0.3, -0.25) is 4.79 Å². The Morgan fingerprint density at radius 2 is 2.14 bits per heavy atom. The molecule has 0 N–H and O–H groups in total. The zero-order chi connectivity index (χ0) is 20.4. The highest BCUT2D eigenvalue weighted by Gasteiger charge is 2.28. The maximum atomic E-state index is 13.3. The number of carbonyl (C=O) groups excluding carboxylic acids is 1. The summed E-state index contributed by atoms with van der Waals surface area (Å²) in [5, 5.41) is 0. The SMILES string of the molecule is Cc1cc(F)cnc1N1CCN(C(=O)CCCc2cccc3nccn23)[C@@H](C)C1. The predicted octanol–water partition coefficient (Wildman–Crippen LogP) is 3.24.